The van der Waals surface area contributed by atoms with Gasteiger partial charge in [-0.3, -0.25) is 4.79 Å². The van der Waals surface area contributed by atoms with Crippen LogP contribution in [0, 0.1) is 0 Å². The summed E-state index contributed by atoms with van der Waals surface area (Å²) in [7, 11) is 0. The molecule has 0 aromatic carbocycles. The number of carbonyl (C=O) groups excluding carboxylic acids is 1. The quantitative estimate of drug-likeness (QED) is 0.735. The average Bonchev–Trinajstić information content (AvgIpc) is 3.27. The molecular formula is C19H23N5O. The summed E-state index contributed by atoms with van der Waals surface area (Å²) in [6, 6.07) is 6.21. The Balaban J connectivity index is 1.46. The Bertz CT molecular complexity index is 848. The number of aromatic nitrogens is 4. The molecule has 4 rings (SSSR count). The summed E-state index contributed by atoms with van der Waals surface area (Å²) in [6.45, 7) is 3.71. The summed E-state index contributed by atoms with van der Waals surface area (Å²) in [4.78, 5) is 23.7. The third kappa shape index (κ3) is 3.16. The van der Waals surface area contributed by atoms with E-state index in [1.54, 1.807) is 0 Å². The van der Waals surface area contributed by atoms with Crippen LogP contribution in [0.4, 0.5) is 0 Å². The van der Waals surface area contributed by atoms with Crippen molar-refractivity contribution in [2.24, 2.45) is 0 Å². The van der Waals surface area contributed by atoms with E-state index >= 15 is 0 Å². The van der Waals surface area contributed by atoms with Crippen molar-refractivity contribution in [2.45, 2.75) is 38.6 Å². The van der Waals surface area contributed by atoms with Gasteiger partial charge >= 0.3 is 0 Å². The van der Waals surface area contributed by atoms with Crippen LogP contribution in [0.25, 0.3) is 5.65 Å². The number of rotatable bonds is 4. The molecule has 0 spiro atoms. The number of likely N-dealkylation sites (tertiary alicyclic amines) is 1. The second-order valence-electron chi connectivity index (χ2n) is 6.62. The largest absolute Gasteiger partial charge is 0.340 e. The standard InChI is InChI=1S/C19H23N5O/c1-2-17-20-8-11-24(17)16-6-5-10-23(14-16)19(25)12-15-13-22-9-4-3-7-18(22)21-15/h3-4,7-9,11,13,16H,2,5-6,10,12,14H2,1H3. The number of carbonyl (C=O) groups is 1. The number of fused-ring (bicyclic) bond motifs is 1. The molecule has 0 radical (unpaired) electrons. The Hall–Kier alpha value is -2.63. The molecule has 25 heavy (non-hydrogen) atoms. The van der Waals surface area contributed by atoms with E-state index in [2.05, 4.69) is 21.5 Å². The summed E-state index contributed by atoms with van der Waals surface area (Å²) in [5.41, 5.74) is 1.71. The fourth-order valence-corrected chi connectivity index (χ4v) is 3.70. The maximum absolute atomic E-state index is 12.8. The van der Waals surface area contributed by atoms with E-state index < -0.39 is 0 Å². The number of nitrogens with zero attached hydrogens (tertiary/aromatic N) is 5. The van der Waals surface area contributed by atoms with E-state index in [1.165, 1.54) is 0 Å². The van der Waals surface area contributed by atoms with Crippen LogP contribution in [-0.4, -0.2) is 42.8 Å². The molecule has 1 amide bonds. The summed E-state index contributed by atoms with van der Waals surface area (Å²) in [6.07, 6.45) is 11.2. The van der Waals surface area contributed by atoms with E-state index in [4.69, 9.17) is 0 Å². The molecule has 4 heterocycles. The van der Waals surface area contributed by atoms with E-state index in [0.717, 1.165) is 49.5 Å². The minimum atomic E-state index is 0.159. The lowest BCUT2D eigenvalue weighted by Gasteiger charge is -2.34. The SMILES string of the molecule is CCc1nccn1C1CCCN(C(=O)Cc2cn3ccccc3n2)C1. The molecule has 1 saturated heterocycles. The van der Waals surface area contributed by atoms with Gasteiger partial charge in [0.05, 0.1) is 18.2 Å². The van der Waals surface area contributed by atoms with Crippen molar-refractivity contribution in [1.82, 2.24) is 23.8 Å². The predicted octanol–water partition coefficient (Wildman–Crippen LogP) is 2.50. The lowest BCUT2D eigenvalue weighted by Crippen LogP contribution is -2.41. The number of hydrogen-bond acceptors (Lipinski definition) is 3. The number of piperidine rings is 1. The van der Waals surface area contributed by atoms with E-state index in [1.807, 2.05) is 52.3 Å². The molecule has 1 atom stereocenters. The second-order valence-corrected chi connectivity index (χ2v) is 6.62. The summed E-state index contributed by atoms with van der Waals surface area (Å²) in [5.74, 6) is 1.26. The van der Waals surface area contributed by atoms with Crippen LogP contribution in [-0.2, 0) is 17.6 Å². The zero-order chi connectivity index (χ0) is 17.2. The lowest BCUT2D eigenvalue weighted by molar-refractivity contribution is -0.132. The molecule has 6 heteroatoms. The van der Waals surface area contributed by atoms with Gasteiger partial charge in [0.25, 0.3) is 0 Å². The third-order valence-electron chi connectivity index (χ3n) is 4.95. The Morgan fingerprint density at radius 1 is 1.32 bits per heavy atom. The first kappa shape index (κ1) is 15.9. The van der Waals surface area contributed by atoms with Crippen LogP contribution in [0.3, 0.4) is 0 Å². The van der Waals surface area contributed by atoms with Crippen LogP contribution < -0.4 is 0 Å². The molecule has 0 saturated carbocycles. The van der Waals surface area contributed by atoms with E-state index in [0.29, 0.717) is 12.5 Å². The van der Waals surface area contributed by atoms with Crippen molar-refractivity contribution >= 4 is 11.6 Å². The van der Waals surface area contributed by atoms with Gasteiger partial charge in [-0.1, -0.05) is 13.0 Å². The Morgan fingerprint density at radius 3 is 3.08 bits per heavy atom. The topological polar surface area (TPSA) is 55.4 Å². The molecule has 0 N–H and O–H groups in total. The average molecular weight is 337 g/mol. The molecule has 1 fully saturated rings. The summed E-state index contributed by atoms with van der Waals surface area (Å²) in [5, 5.41) is 0. The van der Waals surface area contributed by atoms with Gasteiger partial charge in [0, 0.05) is 44.3 Å². The highest BCUT2D eigenvalue weighted by Gasteiger charge is 2.26. The van der Waals surface area contributed by atoms with Gasteiger partial charge in [0.2, 0.25) is 5.91 Å². The molecule has 6 nitrogen and oxygen atoms in total. The summed E-state index contributed by atoms with van der Waals surface area (Å²) < 4.78 is 4.20. The van der Waals surface area contributed by atoms with Crippen LogP contribution >= 0.6 is 0 Å². The minimum Gasteiger partial charge on any atom is -0.340 e. The minimum absolute atomic E-state index is 0.159. The van der Waals surface area contributed by atoms with Crippen LogP contribution in [0.5, 0.6) is 0 Å². The Labute approximate surface area is 147 Å². The first-order chi connectivity index (χ1) is 12.2. The van der Waals surface area contributed by atoms with Crippen molar-refractivity contribution in [1.29, 1.82) is 0 Å². The number of imidazole rings is 2. The molecule has 3 aromatic rings. The fraction of sp³-hybridized carbons (Fsp3) is 0.421. The normalized spacial score (nSPS) is 18.0. The van der Waals surface area contributed by atoms with E-state index in [-0.39, 0.29) is 5.91 Å². The number of aryl methyl sites for hydroxylation is 1. The highest BCUT2D eigenvalue weighted by atomic mass is 16.2. The van der Waals surface area contributed by atoms with E-state index in [9.17, 15) is 4.79 Å². The van der Waals surface area contributed by atoms with Crippen molar-refractivity contribution in [3.05, 3.63) is 54.5 Å². The first-order valence-corrected chi connectivity index (χ1v) is 8.96. The van der Waals surface area contributed by atoms with Crippen LogP contribution in [0.2, 0.25) is 0 Å². The Morgan fingerprint density at radius 2 is 2.24 bits per heavy atom. The zero-order valence-electron chi connectivity index (χ0n) is 14.5. The maximum atomic E-state index is 12.8. The molecule has 3 aromatic heterocycles. The predicted molar refractivity (Wildman–Crippen MR) is 95.4 cm³/mol. The molecule has 130 valence electrons. The molecule has 1 aliphatic heterocycles. The van der Waals surface area contributed by atoms with Gasteiger partial charge < -0.3 is 13.9 Å². The number of pyridine rings is 1. The van der Waals surface area contributed by atoms with Gasteiger partial charge in [-0.15, -0.1) is 0 Å². The smallest absolute Gasteiger partial charge is 0.228 e. The maximum Gasteiger partial charge on any atom is 0.228 e. The molecule has 0 aliphatic carbocycles. The van der Waals surface area contributed by atoms with Crippen molar-refractivity contribution in [3.63, 3.8) is 0 Å². The van der Waals surface area contributed by atoms with Gasteiger partial charge in [-0.2, -0.15) is 0 Å². The Kier molecular flexibility index (Phi) is 4.26. The van der Waals surface area contributed by atoms with Gasteiger partial charge in [0.15, 0.2) is 0 Å². The monoisotopic (exact) mass is 337 g/mol. The second kappa shape index (κ2) is 6.70. The lowest BCUT2D eigenvalue weighted by atomic mass is 10.0. The highest BCUT2D eigenvalue weighted by Crippen LogP contribution is 2.23. The van der Waals surface area contributed by atoms with Gasteiger partial charge in [-0.05, 0) is 25.0 Å². The molecule has 0 bridgehead atoms. The fourth-order valence-electron chi connectivity index (χ4n) is 3.70. The first-order valence-electron chi connectivity index (χ1n) is 8.96. The molecule has 1 unspecified atom stereocenters. The van der Waals surface area contributed by atoms with Crippen molar-refractivity contribution in [3.8, 4) is 0 Å². The van der Waals surface area contributed by atoms with Gasteiger partial charge in [0.1, 0.15) is 11.5 Å². The van der Waals surface area contributed by atoms with Gasteiger partial charge in [-0.25, -0.2) is 9.97 Å². The highest BCUT2D eigenvalue weighted by molar-refractivity contribution is 5.78. The summed E-state index contributed by atoms with van der Waals surface area (Å²) >= 11 is 0. The molecule has 1 aliphatic rings. The van der Waals surface area contributed by atoms with Crippen molar-refractivity contribution in [2.75, 3.05) is 13.1 Å². The number of amides is 1. The van der Waals surface area contributed by atoms with Crippen LogP contribution in [0.15, 0.2) is 43.0 Å². The zero-order valence-corrected chi connectivity index (χ0v) is 14.5. The molecular weight excluding hydrogens is 314 g/mol. The van der Waals surface area contributed by atoms with Crippen LogP contribution in [0.1, 0.15) is 37.3 Å². The number of hydrogen-bond donors (Lipinski definition) is 0. The third-order valence-corrected chi connectivity index (χ3v) is 4.95. The van der Waals surface area contributed by atoms with Crippen molar-refractivity contribution < 1.29 is 4.79 Å².